The summed E-state index contributed by atoms with van der Waals surface area (Å²) in [6, 6.07) is 4.46. The van der Waals surface area contributed by atoms with Crippen molar-refractivity contribution >= 4 is 23.2 Å². The molecule has 0 spiro atoms. The van der Waals surface area contributed by atoms with E-state index in [2.05, 4.69) is 45.2 Å². The molecule has 146 valence electrons. The third-order valence-corrected chi connectivity index (χ3v) is 4.80. The van der Waals surface area contributed by atoms with Gasteiger partial charge < -0.3 is 16.0 Å². The van der Waals surface area contributed by atoms with Crippen molar-refractivity contribution in [3.05, 3.63) is 51.2 Å². The third-order valence-electron chi connectivity index (χ3n) is 3.93. The number of nitrogens with one attached hydrogen (secondary N) is 3. The Kier molecular flexibility index (Phi) is 7.72. The van der Waals surface area contributed by atoms with Gasteiger partial charge in [-0.1, -0.05) is 19.9 Å². The molecule has 1 amide bonds. The second-order valence-electron chi connectivity index (χ2n) is 6.39. The van der Waals surface area contributed by atoms with Crippen LogP contribution in [0.1, 0.15) is 46.4 Å². The van der Waals surface area contributed by atoms with Crippen molar-refractivity contribution in [2.45, 2.75) is 33.2 Å². The van der Waals surface area contributed by atoms with E-state index in [1.165, 1.54) is 6.07 Å². The highest BCUT2D eigenvalue weighted by atomic mass is 32.1. The Hall–Kier alpha value is -2.48. The number of aryl methyl sites for hydroxylation is 1. The molecule has 0 saturated heterocycles. The van der Waals surface area contributed by atoms with Crippen LogP contribution < -0.4 is 16.0 Å². The molecule has 1 heterocycles. The van der Waals surface area contributed by atoms with E-state index >= 15 is 0 Å². The number of thiazole rings is 1. The summed E-state index contributed by atoms with van der Waals surface area (Å²) in [5.41, 5.74) is 1.92. The van der Waals surface area contributed by atoms with E-state index < -0.39 is 0 Å². The first-order chi connectivity index (χ1) is 12.9. The topological polar surface area (TPSA) is 78.4 Å². The maximum absolute atomic E-state index is 13.5. The molecule has 0 fully saturated rings. The summed E-state index contributed by atoms with van der Waals surface area (Å²) in [6.07, 6.45) is 0. The number of carbonyl (C=O) groups is 1. The summed E-state index contributed by atoms with van der Waals surface area (Å²) in [5.74, 6) is 0.362. The zero-order chi connectivity index (χ0) is 19.8. The highest BCUT2D eigenvalue weighted by molar-refractivity contribution is 7.09. The van der Waals surface area contributed by atoms with Gasteiger partial charge in [-0.05, 0) is 30.5 Å². The molecule has 1 aromatic heterocycles. The fourth-order valence-electron chi connectivity index (χ4n) is 2.24. The summed E-state index contributed by atoms with van der Waals surface area (Å²) in [5, 5.41) is 12.1. The minimum Gasteiger partial charge on any atom is -0.355 e. The van der Waals surface area contributed by atoms with E-state index in [-0.39, 0.29) is 11.7 Å². The van der Waals surface area contributed by atoms with Gasteiger partial charge in [-0.15, -0.1) is 11.3 Å². The number of carbonyl (C=O) groups excluding carboxylic acids is 1. The average molecular weight is 392 g/mol. The van der Waals surface area contributed by atoms with Crippen LogP contribution in [0.5, 0.6) is 0 Å². The first-order valence-electron chi connectivity index (χ1n) is 8.84. The summed E-state index contributed by atoms with van der Waals surface area (Å²) < 4.78 is 13.5. The Morgan fingerprint density at radius 2 is 2.00 bits per heavy atom. The zero-order valence-corrected chi connectivity index (χ0v) is 16.9. The summed E-state index contributed by atoms with van der Waals surface area (Å²) in [6.45, 7) is 7.37. The molecule has 0 saturated carbocycles. The molecule has 0 bridgehead atoms. The maximum Gasteiger partial charge on any atom is 0.251 e. The average Bonchev–Trinajstić information content (AvgIpc) is 3.12. The van der Waals surface area contributed by atoms with Crippen molar-refractivity contribution < 1.29 is 9.18 Å². The molecule has 2 rings (SSSR count). The van der Waals surface area contributed by atoms with Crippen molar-refractivity contribution in [1.29, 1.82) is 0 Å². The molecule has 2 aromatic rings. The van der Waals surface area contributed by atoms with E-state index in [0.717, 1.165) is 10.7 Å². The van der Waals surface area contributed by atoms with Crippen LogP contribution in [0.2, 0.25) is 0 Å². The van der Waals surface area contributed by atoms with Crippen LogP contribution in [0.25, 0.3) is 0 Å². The maximum atomic E-state index is 13.5. The normalized spacial score (nSPS) is 11.6. The molecule has 0 atom stereocenters. The molecule has 3 N–H and O–H groups in total. The van der Waals surface area contributed by atoms with Crippen LogP contribution in [0, 0.1) is 12.7 Å². The second-order valence-corrected chi connectivity index (χ2v) is 7.34. The first-order valence-corrected chi connectivity index (χ1v) is 9.71. The summed E-state index contributed by atoms with van der Waals surface area (Å²) in [4.78, 5) is 20.8. The first kappa shape index (κ1) is 20.8. The molecule has 8 heteroatoms. The molecule has 0 unspecified atom stereocenters. The highest BCUT2D eigenvalue weighted by Gasteiger charge is 2.08. The minimum absolute atomic E-state index is 0.303. The molecule has 27 heavy (non-hydrogen) atoms. The number of hydrogen-bond acceptors (Lipinski definition) is 4. The number of aromatic nitrogens is 1. The number of nitrogens with zero attached hydrogens (tertiary/aromatic N) is 2. The fraction of sp³-hybridized carbons (Fsp3) is 0.421. The van der Waals surface area contributed by atoms with Crippen LogP contribution in [-0.4, -0.2) is 37.0 Å². The zero-order valence-electron chi connectivity index (χ0n) is 16.1. The van der Waals surface area contributed by atoms with Crippen molar-refractivity contribution in [3.8, 4) is 0 Å². The molecule has 0 aliphatic carbocycles. The molecule has 1 aromatic carbocycles. The van der Waals surface area contributed by atoms with E-state index in [9.17, 15) is 9.18 Å². The lowest BCUT2D eigenvalue weighted by atomic mass is 10.1. The lowest BCUT2D eigenvalue weighted by molar-refractivity contribution is 0.0954. The number of benzene rings is 1. The van der Waals surface area contributed by atoms with Gasteiger partial charge >= 0.3 is 0 Å². The molecular weight excluding hydrogens is 365 g/mol. The van der Waals surface area contributed by atoms with Crippen LogP contribution in [-0.2, 0) is 6.54 Å². The molecule has 0 aliphatic rings. The van der Waals surface area contributed by atoms with Gasteiger partial charge in [0.2, 0.25) is 0 Å². The smallest absolute Gasteiger partial charge is 0.251 e. The Bertz CT molecular complexity index is 803. The lowest BCUT2D eigenvalue weighted by Crippen LogP contribution is -2.41. The quantitative estimate of drug-likeness (QED) is 0.385. The van der Waals surface area contributed by atoms with Crippen LogP contribution in [0.3, 0.4) is 0 Å². The number of amides is 1. The number of halogens is 1. The number of hydrogen-bond donors (Lipinski definition) is 3. The highest BCUT2D eigenvalue weighted by Crippen LogP contribution is 2.17. The Morgan fingerprint density at radius 3 is 2.63 bits per heavy atom. The fourth-order valence-corrected chi connectivity index (χ4v) is 3.14. The van der Waals surface area contributed by atoms with Gasteiger partial charge in [0.1, 0.15) is 10.8 Å². The number of guanidine groups is 1. The molecule has 0 radical (unpaired) electrons. The van der Waals surface area contributed by atoms with Gasteiger partial charge in [-0.2, -0.15) is 0 Å². The van der Waals surface area contributed by atoms with Crippen LogP contribution >= 0.6 is 11.3 Å². The van der Waals surface area contributed by atoms with Crippen molar-refractivity contribution in [2.24, 2.45) is 4.99 Å². The van der Waals surface area contributed by atoms with E-state index in [1.54, 1.807) is 37.4 Å². The van der Waals surface area contributed by atoms with Gasteiger partial charge in [0, 0.05) is 31.1 Å². The van der Waals surface area contributed by atoms with Gasteiger partial charge in [-0.25, -0.2) is 9.37 Å². The predicted molar refractivity (Wildman–Crippen MR) is 108 cm³/mol. The summed E-state index contributed by atoms with van der Waals surface area (Å²) in [7, 11) is 1.68. The third kappa shape index (κ3) is 6.32. The van der Waals surface area contributed by atoms with Gasteiger partial charge in [0.15, 0.2) is 5.96 Å². The Labute approximate surface area is 163 Å². The van der Waals surface area contributed by atoms with Crippen LogP contribution in [0.4, 0.5) is 4.39 Å². The molecular formula is C19H26FN5OS. The monoisotopic (exact) mass is 391 g/mol. The van der Waals surface area contributed by atoms with E-state index in [0.29, 0.717) is 42.6 Å². The van der Waals surface area contributed by atoms with E-state index in [4.69, 9.17) is 0 Å². The van der Waals surface area contributed by atoms with E-state index in [1.807, 2.05) is 0 Å². The number of aliphatic imine (C=N–C) groups is 1. The summed E-state index contributed by atoms with van der Waals surface area (Å²) >= 11 is 1.62. The van der Waals surface area contributed by atoms with Gasteiger partial charge in [0.25, 0.3) is 5.91 Å². The Balaban J connectivity index is 1.72. The Morgan fingerprint density at radius 1 is 1.26 bits per heavy atom. The van der Waals surface area contributed by atoms with Gasteiger partial charge in [0.05, 0.1) is 12.2 Å². The van der Waals surface area contributed by atoms with Crippen molar-refractivity contribution in [1.82, 2.24) is 20.9 Å². The standard InChI is InChI=1S/C19H26FN5OS/c1-12(2)16-11-27-17(25-16)10-24-19(21-4)23-8-7-22-18(26)14-6-5-13(3)15(20)9-14/h5-6,9,11-12H,7-8,10H2,1-4H3,(H,22,26)(H2,21,23,24). The van der Waals surface area contributed by atoms with Gasteiger partial charge in [-0.3, -0.25) is 9.79 Å². The van der Waals surface area contributed by atoms with Crippen LogP contribution in [0.15, 0.2) is 28.6 Å². The molecule has 6 nitrogen and oxygen atoms in total. The SMILES string of the molecule is CN=C(NCCNC(=O)c1ccc(C)c(F)c1)NCc1nc(C(C)C)cs1. The van der Waals surface area contributed by atoms with Crippen molar-refractivity contribution in [2.75, 3.05) is 20.1 Å². The predicted octanol–water partition coefficient (Wildman–Crippen LogP) is 2.81. The second kappa shape index (κ2) is 10.0. The molecule has 0 aliphatic heterocycles. The van der Waals surface area contributed by atoms with Crippen molar-refractivity contribution in [3.63, 3.8) is 0 Å². The minimum atomic E-state index is -0.381. The number of rotatable bonds is 7. The largest absolute Gasteiger partial charge is 0.355 e. The lowest BCUT2D eigenvalue weighted by Gasteiger charge is -2.11.